The van der Waals surface area contributed by atoms with Crippen molar-refractivity contribution in [1.82, 2.24) is 9.38 Å². The molecule has 3 nitrogen and oxygen atoms in total. The molecule has 102 valence electrons. The first kappa shape index (κ1) is 12.7. The number of nitrogens with zero attached hydrogens (tertiary/aromatic N) is 2. The van der Waals surface area contributed by atoms with Crippen LogP contribution < -0.4 is 5.73 Å². The van der Waals surface area contributed by atoms with Gasteiger partial charge in [0.1, 0.15) is 5.65 Å². The van der Waals surface area contributed by atoms with Crippen molar-refractivity contribution in [3.63, 3.8) is 0 Å². The van der Waals surface area contributed by atoms with Gasteiger partial charge in [0.2, 0.25) is 0 Å². The molecule has 2 heterocycles. The van der Waals surface area contributed by atoms with Gasteiger partial charge in [0.25, 0.3) is 0 Å². The summed E-state index contributed by atoms with van der Waals surface area (Å²) in [5.74, 6) is 0.641. The lowest BCUT2D eigenvalue weighted by Crippen LogP contribution is -2.22. The van der Waals surface area contributed by atoms with Crippen LogP contribution in [0.4, 0.5) is 0 Å². The van der Waals surface area contributed by atoms with E-state index in [1.807, 2.05) is 0 Å². The fraction of sp³-hybridized carbons (Fsp3) is 0.562. The molecule has 3 heteroatoms. The molecule has 19 heavy (non-hydrogen) atoms. The lowest BCUT2D eigenvalue weighted by molar-refractivity contribution is 0.532. The molecule has 1 unspecified atom stereocenters. The van der Waals surface area contributed by atoms with Crippen molar-refractivity contribution in [2.45, 2.75) is 52.0 Å². The van der Waals surface area contributed by atoms with Crippen LogP contribution in [-0.2, 0) is 5.41 Å². The summed E-state index contributed by atoms with van der Waals surface area (Å²) in [5, 5.41) is 0. The van der Waals surface area contributed by atoms with Gasteiger partial charge in [0.15, 0.2) is 0 Å². The Morgan fingerprint density at radius 3 is 2.63 bits per heavy atom. The molecular weight excluding hydrogens is 234 g/mol. The molecule has 1 fully saturated rings. The normalized spacial score (nSPS) is 17.9. The Kier molecular flexibility index (Phi) is 2.72. The van der Waals surface area contributed by atoms with E-state index in [2.05, 4.69) is 50.4 Å². The maximum Gasteiger partial charge on any atom is 0.137 e. The summed E-state index contributed by atoms with van der Waals surface area (Å²) in [6.07, 6.45) is 4.62. The Morgan fingerprint density at radius 2 is 2.05 bits per heavy atom. The number of aryl methyl sites for hydroxylation is 1. The highest BCUT2D eigenvalue weighted by Crippen LogP contribution is 2.42. The van der Waals surface area contributed by atoms with E-state index in [1.165, 1.54) is 24.1 Å². The maximum atomic E-state index is 6.49. The minimum atomic E-state index is 0.0295. The molecule has 1 aliphatic carbocycles. The van der Waals surface area contributed by atoms with Gasteiger partial charge in [-0.1, -0.05) is 20.8 Å². The van der Waals surface area contributed by atoms with Crippen molar-refractivity contribution in [2.75, 3.05) is 0 Å². The number of rotatable bonds is 2. The quantitative estimate of drug-likeness (QED) is 0.896. The summed E-state index contributed by atoms with van der Waals surface area (Å²) in [6.45, 7) is 8.74. The molecule has 2 N–H and O–H groups in total. The third kappa shape index (κ3) is 2.16. The van der Waals surface area contributed by atoms with Gasteiger partial charge in [-0.2, -0.15) is 0 Å². The van der Waals surface area contributed by atoms with Crippen LogP contribution in [0.25, 0.3) is 5.65 Å². The van der Waals surface area contributed by atoms with Crippen LogP contribution in [0.5, 0.6) is 0 Å². The summed E-state index contributed by atoms with van der Waals surface area (Å²) in [6, 6.07) is 4.38. The number of imidazole rings is 1. The third-order valence-corrected chi connectivity index (χ3v) is 3.97. The molecule has 0 spiro atoms. The first-order valence-corrected chi connectivity index (χ1v) is 7.12. The largest absolute Gasteiger partial charge is 0.322 e. The van der Waals surface area contributed by atoms with Crippen molar-refractivity contribution in [3.8, 4) is 0 Å². The predicted molar refractivity (Wildman–Crippen MR) is 78.3 cm³/mol. The average Bonchev–Trinajstić information content (AvgIpc) is 3.07. The average molecular weight is 257 g/mol. The number of hydrogen-bond donors (Lipinski definition) is 1. The minimum absolute atomic E-state index is 0.0295. The van der Waals surface area contributed by atoms with Crippen molar-refractivity contribution >= 4 is 5.65 Å². The SMILES string of the molecule is Cc1ccn2c(C(N)C3CC3)c(C(C)(C)C)nc2c1. The molecule has 3 rings (SSSR count). The predicted octanol–water partition coefficient (Wildman–Crippen LogP) is 3.35. The Morgan fingerprint density at radius 1 is 1.37 bits per heavy atom. The highest BCUT2D eigenvalue weighted by Gasteiger charge is 2.35. The zero-order valence-electron chi connectivity index (χ0n) is 12.3. The Labute approximate surface area is 114 Å². The summed E-state index contributed by atoms with van der Waals surface area (Å²) < 4.78 is 2.19. The molecule has 1 atom stereocenters. The standard InChI is InChI=1S/C16H23N3/c1-10-7-8-19-12(9-10)18-15(16(2,3)4)14(19)13(17)11-5-6-11/h7-9,11,13H,5-6,17H2,1-4H3. The summed E-state index contributed by atoms with van der Waals surface area (Å²) >= 11 is 0. The van der Waals surface area contributed by atoms with E-state index >= 15 is 0 Å². The molecule has 0 saturated heterocycles. The third-order valence-electron chi connectivity index (χ3n) is 3.97. The van der Waals surface area contributed by atoms with Crippen LogP contribution in [0, 0.1) is 12.8 Å². The van der Waals surface area contributed by atoms with Crippen LogP contribution in [0.1, 0.15) is 56.6 Å². The molecule has 2 aromatic rings. The zero-order chi connectivity index (χ0) is 13.8. The van der Waals surface area contributed by atoms with Crippen molar-refractivity contribution in [3.05, 3.63) is 35.3 Å². The Hall–Kier alpha value is -1.35. The fourth-order valence-corrected chi connectivity index (χ4v) is 2.71. The van der Waals surface area contributed by atoms with Gasteiger partial charge < -0.3 is 10.1 Å². The Bertz CT molecular complexity index is 615. The first-order valence-electron chi connectivity index (χ1n) is 7.12. The van der Waals surface area contributed by atoms with E-state index in [0.29, 0.717) is 5.92 Å². The Balaban J connectivity index is 2.24. The van der Waals surface area contributed by atoms with E-state index < -0.39 is 0 Å². The lowest BCUT2D eigenvalue weighted by atomic mass is 9.88. The van der Waals surface area contributed by atoms with Crippen molar-refractivity contribution in [1.29, 1.82) is 0 Å². The summed E-state index contributed by atoms with van der Waals surface area (Å²) in [5.41, 5.74) is 11.1. The lowest BCUT2D eigenvalue weighted by Gasteiger charge is -2.21. The second-order valence-electron chi connectivity index (χ2n) is 6.89. The van der Waals surface area contributed by atoms with Crippen LogP contribution in [0.15, 0.2) is 18.3 Å². The summed E-state index contributed by atoms with van der Waals surface area (Å²) in [7, 11) is 0. The van der Waals surface area contributed by atoms with Gasteiger partial charge in [-0.3, -0.25) is 0 Å². The molecule has 1 saturated carbocycles. The number of hydrogen-bond acceptors (Lipinski definition) is 2. The number of nitrogens with two attached hydrogens (primary N) is 1. The second kappa shape index (κ2) is 4.07. The molecule has 0 bridgehead atoms. The van der Waals surface area contributed by atoms with Crippen LogP contribution in [0.3, 0.4) is 0 Å². The number of fused-ring (bicyclic) bond motifs is 1. The van der Waals surface area contributed by atoms with E-state index in [4.69, 9.17) is 10.7 Å². The topological polar surface area (TPSA) is 43.3 Å². The van der Waals surface area contributed by atoms with Gasteiger partial charge in [0.05, 0.1) is 17.4 Å². The molecule has 0 amide bonds. The van der Waals surface area contributed by atoms with E-state index in [0.717, 1.165) is 11.3 Å². The van der Waals surface area contributed by atoms with Gasteiger partial charge in [0, 0.05) is 11.6 Å². The second-order valence-corrected chi connectivity index (χ2v) is 6.89. The first-order chi connectivity index (χ1) is 8.88. The van der Waals surface area contributed by atoms with Gasteiger partial charge in [-0.25, -0.2) is 4.98 Å². The molecule has 0 aromatic carbocycles. The monoisotopic (exact) mass is 257 g/mol. The molecular formula is C16H23N3. The van der Waals surface area contributed by atoms with Crippen molar-refractivity contribution in [2.24, 2.45) is 11.7 Å². The zero-order valence-corrected chi connectivity index (χ0v) is 12.3. The van der Waals surface area contributed by atoms with E-state index in [9.17, 15) is 0 Å². The van der Waals surface area contributed by atoms with Gasteiger partial charge in [-0.05, 0) is 43.4 Å². The summed E-state index contributed by atoms with van der Waals surface area (Å²) in [4.78, 5) is 4.86. The number of pyridine rings is 1. The van der Waals surface area contributed by atoms with E-state index in [1.54, 1.807) is 0 Å². The minimum Gasteiger partial charge on any atom is -0.322 e. The van der Waals surface area contributed by atoms with Gasteiger partial charge in [-0.15, -0.1) is 0 Å². The fourth-order valence-electron chi connectivity index (χ4n) is 2.71. The smallest absolute Gasteiger partial charge is 0.137 e. The van der Waals surface area contributed by atoms with Crippen LogP contribution >= 0.6 is 0 Å². The van der Waals surface area contributed by atoms with Crippen LogP contribution in [-0.4, -0.2) is 9.38 Å². The molecule has 0 radical (unpaired) electrons. The van der Waals surface area contributed by atoms with Crippen LogP contribution in [0.2, 0.25) is 0 Å². The highest BCUT2D eigenvalue weighted by atomic mass is 15.0. The van der Waals surface area contributed by atoms with Crippen molar-refractivity contribution < 1.29 is 0 Å². The maximum absolute atomic E-state index is 6.49. The highest BCUT2D eigenvalue weighted by molar-refractivity contribution is 5.48. The molecule has 1 aliphatic rings. The molecule has 0 aliphatic heterocycles. The van der Waals surface area contributed by atoms with E-state index in [-0.39, 0.29) is 11.5 Å². The molecule has 2 aromatic heterocycles. The number of aromatic nitrogens is 2. The van der Waals surface area contributed by atoms with Gasteiger partial charge >= 0.3 is 0 Å².